The SMILES string of the molecule is Cc1cc(OCC(=O)O)ccc1SCC=C(c1ccccc1)c1ccc(Cl)cc1. The van der Waals surface area contributed by atoms with Crippen molar-refractivity contribution in [2.45, 2.75) is 11.8 Å². The maximum absolute atomic E-state index is 10.6. The number of thioether (sulfide) groups is 1. The van der Waals surface area contributed by atoms with E-state index in [1.807, 2.05) is 61.5 Å². The van der Waals surface area contributed by atoms with Gasteiger partial charge in [0.25, 0.3) is 0 Å². The van der Waals surface area contributed by atoms with Crippen molar-refractivity contribution in [3.8, 4) is 5.75 Å². The number of aliphatic carboxylic acids is 1. The van der Waals surface area contributed by atoms with E-state index < -0.39 is 5.97 Å². The number of ether oxygens (including phenoxy) is 1. The van der Waals surface area contributed by atoms with E-state index >= 15 is 0 Å². The third-order valence-corrected chi connectivity index (χ3v) is 5.63. The predicted octanol–water partition coefficient (Wildman–Crippen LogP) is 6.34. The summed E-state index contributed by atoms with van der Waals surface area (Å²) in [5.74, 6) is 0.376. The maximum atomic E-state index is 10.6. The van der Waals surface area contributed by atoms with E-state index in [0.29, 0.717) is 5.75 Å². The lowest BCUT2D eigenvalue weighted by molar-refractivity contribution is -0.139. The van der Waals surface area contributed by atoms with Crippen molar-refractivity contribution in [3.63, 3.8) is 0 Å². The zero-order chi connectivity index (χ0) is 20.6. The minimum Gasteiger partial charge on any atom is -0.482 e. The fraction of sp³-hybridized carbons (Fsp3) is 0.125. The van der Waals surface area contributed by atoms with Crippen LogP contribution in [0, 0.1) is 6.92 Å². The highest BCUT2D eigenvalue weighted by atomic mass is 35.5. The van der Waals surface area contributed by atoms with Gasteiger partial charge in [0.2, 0.25) is 0 Å². The quantitative estimate of drug-likeness (QED) is 0.429. The molecule has 29 heavy (non-hydrogen) atoms. The van der Waals surface area contributed by atoms with Crippen LogP contribution in [-0.2, 0) is 4.79 Å². The Labute approximate surface area is 180 Å². The molecule has 3 aromatic carbocycles. The summed E-state index contributed by atoms with van der Waals surface area (Å²) < 4.78 is 5.24. The van der Waals surface area contributed by atoms with Gasteiger partial charge in [-0.1, -0.05) is 60.1 Å². The second-order valence-electron chi connectivity index (χ2n) is 6.41. The number of carboxylic acid groups (broad SMARTS) is 1. The summed E-state index contributed by atoms with van der Waals surface area (Å²) in [5, 5.41) is 9.45. The number of rotatable bonds is 8. The molecular formula is C24H21ClO3S. The summed E-state index contributed by atoms with van der Waals surface area (Å²) in [7, 11) is 0. The number of halogens is 1. The fourth-order valence-corrected chi connectivity index (χ4v) is 3.89. The van der Waals surface area contributed by atoms with Gasteiger partial charge in [-0.25, -0.2) is 4.79 Å². The lowest BCUT2D eigenvalue weighted by Crippen LogP contribution is -2.09. The Bertz CT molecular complexity index is 998. The number of hydrogen-bond donors (Lipinski definition) is 1. The van der Waals surface area contributed by atoms with E-state index in [2.05, 4.69) is 18.2 Å². The smallest absolute Gasteiger partial charge is 0.341 e. The molecule has 0 unspecified atom stereocenters. The number of aryl methyl sites for hydroxylation is 1. The van der Waals surface area contributed by atoms with Crippen LogP contribution in [0.4, 0.5) is 0 Å². The van der Waals surface area contributed by atoms with E-state index in [-0.39, 0.29) is 6.61 Å². The maximum Gasteiger partial charge on any atom is 0.341 e. The topological polar surface area (TPSA) is 46.5 Å². The molecule has 3 aromatic rings. The van der Waals surface area contributed by atoms with E-state index in [9.17, 15) is 4.79 Å². The first-order valence-electron chi connectivity index (χ1n) is 9.12. The average Bonchev–Trinajstić information content (AvgIpc) is 2.72. The van der Waals surface area contributed by atoms with E-state index in [0.717, 1.165) is 37.9 Å². The first-order chi connectivity index (χ1) is 14.0. The largest absolute Gasteiger partial charge is 0.482 e. The number of carbonyl (C=O) groups is 1. The summed E-state index contributed by atoms with van der Waals surface area (Å²) in [6, 6.07) is 23.8. The van der Waals surface area contributed by atoms with Crippen LogP contribution in [0.25, 0.3) is 5.57 Å². The summed E-state index contributed by atoms with van der Waals surface area (Å²) in [6.45, 7) is 1.66. The third-order valence-electron chi connectivity index (χ3n) is 4.28. The Morgan fingerprint density at radius 2 is 1.72 bits per heavy atom. The minimum absolute atomic E-state index is 0.337. The Morgan fingerprint density at radius 3 is 2.38 bits per heavy atom. The van der Waals surface area contributed by atoms with Gasteiger partial charge >= 0.3 is 5.97 Å². The molecule has 0 aliphatic rings. The molecule has 0 spiro atoms. The lowest BCUT2D eigenvalue weighted by Gasteiger charge is -2.11. The van der Waals surface area contributed by atoms with Gasteiger partial charge in [0.1, 0.15) is 5.75 Å². The molecule has 0 heterocycles. The van der Waals surface area contributed by atoms with Crippen molar-refractivity contribution in [1.29, 1.82) is 0 Å². The van der Waals surface area contributed by atoms with E-state index in [1.165, 1.54) is 0 Å². The monoisotopic (exact) mass is 424 g/mol. The first kappa shape index (κ1) is 21.0. The van der Waals surface area contributed by atoms with Crippen LogP contribution in [0.2, 0.25) is 5.02 Å². The van der Waals surface area contributed by atoms with Gasteiger partial charge in [0.15, 0.2) is 6.61 Å². The molecular weight excluding hydrogens is 404 g/mol. The van der Waals surface area contributed by atoms with Crippen LogP contribution in [0.5, 0.6) is 5.75 Å². The molecule has 0 atom stereocenters. The second kappa shape index (κ2) is 10.2. The number of carboxylic acids is 1. The van der Waals surface area contributed by atoms with Gasteiger partial charge in [-0.15, -0.1) is 11.8 Å². The van der Waals surface area contributed by atoms with Gasteiger partial charge in [-0.2, -0.15) is 0 Å². The molecule has 0 aliphatic carbocycles. The van der Waals surface area contributed by atoms with Crippen LogP contribution < -0.4 is 4.74 Å². The highest BCUT2D eigenvalue weighted by Gasteiger charge is 2.07. The van der Waals surface area contributed by atoms with Gasteiger partial charge in [0, 0.05) is 15.7 Å². The van der Waals surface area contributed by atoms with Crippen molar-refractivity contribution < 1.29 is 14.6 Å². The highest BCUT2D eigenvalue weighted by Crippen LogP contribution is 2.29. The molecule has 0 bridgehead atoms. The van der Waals surface area contributed by atoms with Gasteiger partial charge in [-0.05, 0) is 59.5 Å². The van der Waals surface area contributed by atoms with Crippen LogP contribution in [0.15, 0.2) is 83.8 Å². The summed E-state index contributed by atoms with van der Waals surface area (Å²) in [6.07, 6.45) is 2.22. The van der Waals surface area contributed by atoms with Crippen LogP contribution >= 0.6 is 23.4 Å². The zero-order valence-corrected chi connectivity index (χ0v) is 17.5. The molecule has 0 amide bonds. The zero-order valence-electron chi connectivity index (χ0n) is 16.0. The average molecular weight is 425 g/mol. The normalized spacial score (nSPS) is 11.3. The molecule has 148 valence electrons. The molecule has 0 radical (unpaired) electrons. The third kappa shape index (κ3) is 6.14. The standard InChI is InChI=1S/C24H21ClO3S/c1-17-15-21(28-16-24(26)27)11-12-23(17)29-14-13-22(18-5-3-2-4-6-18)19-7-9-20(25)10-8-19/h2-13,15H,14,16H2,1H3,(H,26,27). The number of hydrogen-bond acceptors (Lipinski definition) is 3. The van der Waals surface area contributed by atoms with Gasteiger partial charge in [0.05, 0.1) is 0 Å². The fourth-order valence-electron chi connectivity index (χ4n) is 2.88. The van der Waals surface area contributed by atoms with Gasteiger partial charge < -0.3 is 9.84 Å². The van der Waals surface area contributed by atoms with Crippen molar-refractivity contribution in [2.75, 3.05) is 12.4 Å². The molecule has 5 heteroatoms. The summed E-state index contributed by atoms with van der Waals surface area (Å²) in [4.78, 5) is 11.8. The van der Waals surface area contributed by atoms with Crippen LogP contribution in [-0.4, -0.2) is 23.4 Å². The Kier molecular flexibility index (Phi) is 7.39. The molecule has 3 rings (SSSR count). The summed E-state index contributed by atoms with van der Waals surface area (Å²) in [5.41, 5.74) is 4.49. The Balaban J connectivity index is 1.76. The Morgan fingerprint density at radius 1 is 1.03 bits per heavy atom. The van der Waals surface area contributed by atoms with Crippen molar-refractivity contribution >= 4 is 34.9 Å². The molecule has 0 fully saturated rings. The van der Waals surface area contributed by atoms with E-state index in [1.54, 1.807) is 17.8 Å². The van der Waals surface area contributed by atoms with Crippen molar-refractivity contribution in [1.82, 2.24) is 0 Å². The molecule has 0 saturated carbocycles. The first-order valence-corrected chi connectivity index (χ1v) is 10.5. The van der Waals surface area contributed by atoms with E-state index in [4.69, 9.17) is 21.4 Å². The van der Waals surface area contributed by atoms with Gasteiger partial charge in [-0.3, -0.25) is 0 Å². The Hall–Kier alpha value is -2.69. The molecule has 1 N–H and O–H groups in total. The number of benzene rings is 3. The molecule has 3 nitrogen and oxygen atoms in total. The molecule has 0 aromatic heterocycles. The van der Waals surface area contributed by atoms with Crippen molar-refractivity contribution in [3.05, 3.63) is 101 Å². The molecule has 0 aliphatic heterocycles. The van der Waals surface area contributed by atoms with Crippen molar-refractivity contribution in [2.24, 2.45) is 0 Å². The molecule has 0 saturated heterocycles. The van der Waals surface area contributed by atoms with Crippen LogP contribution in [0.1, 0.15) is 16.7 Å². The van der Waals surface area contributed by atoms with Crippen LogP contribution in [0.3, 0.4) is 0 Å². The minimum atomic E-state index is -0.984. The highest BCUT2D eigenvalue weighted by molar-refractivity contribution is 7.99. The lowest BCUT2D eigenvalue weighted by atomic mass is 9.98. The summed E-state index contributed by atoms with van der Waals surface area (Å²) >= 11 is 7.78. The second-order valence-corrected chi connectivity index (χ2v) is 7.91. The predicted molar refractivity (Wildman–Crippen MR) is 120 cm³/mol.